The summed E-state index contributed by atoms with van der Waals surface area (Å²) in [4.78, 5) is 12.5. The molecular weight excluding hydrogens is 258 g/mol. The molecule has 0 aliphatic heterocycles. The average Bonchev–Trinajstić information content (AvgIpc) is 2.37. The van der Waals surface area contributed by atoms with E-state index < -0.39 is 0 Å². The van der Waals surface area contributed by atoms with Crippen LogP contribution < -0.4 is 5.32 Å². The van der Waals surface area contributed by atoms with Crippen LogP contribution in [0.15, 0.2) is 48.5 Å². The van der Waals surface area contributed by atoms with Gasteiger partial charge >= 0.3 is 0 Å². The summed E-state index contributed by atoms with van der Waals surface area (Å²) in [7, 11) is 0. The molecule has 2 heteroatoms. The van der Waals surface area contributed by atoms with Crippen molar-refractivity contribution in [2.45, 2.75) is 39.7 Å². The highest BCUT2D eigenvalue weighted by molar-refractivity contribution is 5.96. The summed E-state index contributed by atoms with van der Waals surface area (Å²) in [6.45, 7) is 8.04. The molecule has 0 aromatic heterocycles. The van der Waals surface area contributed by atoms with Crippen LogP contribution in [-0.4, -0.2) is 11.4 Å². The summed E-state index contributed by atoms with van der Waals surface area (Å²) >= 11 is 0. The summed E-state index contributed by atoms with van der Waals surface area (Å²) in [5.41, 5.74) is 4.00. The van der Waals surface area contributed by atoms with Crippen molar-refractivity contribution in [2.75, 3.05) is 0 Å². The van der Waals surface area contributed by atoms with Gasteiger partial charge in [-0.2, -0.15) is 0 Å². The van der Waals surface area contributed by atoms with E-state index in [1.807, 2.05) is 51.1 Å². The minimum atomic E-state index is -0.230. The highest BCUT2D eigenvalue weighted by Gasteiger charge is 2.18. The second-order valence-corrected chi connectivity index (χ2v) is 6.53. The summed E-state index contributed by atoms with van der Waals surface area (Å²) < 4.78 is 0. The minimum Gasteiger partial charge on any atom is -0.347 e. The van der Waals surface area contributed by atoms with Gasteiger partial charge in [-0.15, -0.1) is 0 Å². The number of amides is 1. The van der Waals surface area contributed by atoms with Gasteiger partial charge in [0.15, 0.2) is 0 Å². The smallest absolute Gasteiger partial charge is 0.251 e. The zero-order valence-corrected chi connectivity index (χ0v) is 13.2. The van der Waals surface area contributed by atoms with E-state index in [0.717, 1.165) is 17.5 Å². The zero-order chi connectivity index (χ0) is 15.5. The fraction of sp³-hybridized carbons (Fsp3) is 0.316. The van der Waals surface area contributed by atoms with Gasteiger partial charge in [-0.25, -0.2) is 0 Å². The van der Waals surface area contributed by atoms with Crippen molar-refractivity contribution in [1.82, 2.24) is 5.32 Å². The number of hydrogen-bond donors (Lipinski definition) is 1. The van der Waals surface area contributed by atoms with Crippen LogP contribution in [-0.2, 0) is 6.42 Å². The molecule has 1 N–H and O–H groups in total. The number of aryl methyl sites for hydroxylation is 1. The molecule has 2 aromatic rings. The molecule has 0 fully saturated rings. The van der Waals surface area contributed by atoms with E-state index in [1.54, 1.807) is 0 Å². The summed E-state index contributed by atoms with van der Waals surface area (Å²) in [5, 5.41) is 3.04. The molecule has 0 atom stereocenters. The standard InChI is InChI=1S/C19H23NO/c1-14-10-11-17(18(21)20-19(2,3)4)16(12-14)13-15-8-6-5-7-9-15/h5-12H,13H2,1-4H3,(H,20,21). The van der Waals surface area contributed by atoms with Crippen molar-refractivity contribution in [2.24, 2.45) is 0 Å². The van der Waals surface area contributed by atoms with Crippen molar-refractivity contribution in [3.8, 4) is 0 Å². The maximum atomic E-state index is 12.5. The minimum absolute atomic E-state index is 0.00608. The SMILES string of the molecule is Cc1ccc(C(=O)NC(C)(C)C)c(Cc2ccccc2)c1. The average molecular weight is 281 g/mol. The van der Waals surface area contributed by atoms with Gasteiger partial charge in [-0.05, 0) is 51.3 Å². The highest BCUT2D eigenvalue weighted by atomic mass is 16.1. The highest BCUT2D eigenvalue weighted by Crippen LogP contribution is 2.17. The van der Waals surface area contributed by atoms with Crippen molar-refractivity contribution in [3.05, 3.63) is 70.8 Å². The third kappa shape index (κ3) is 4.45. The Morgan fingerprint density at radius 3 is 2.33 bits per heavy atom. The number of benzene rings is 2. The van der Waals surface area contributed by atoms with Crippen LogP contribution >= 0.6 is 0 Å². The van der Waals surface area contributed by atoms with Gasteiger partial charge in [-0.3, -0.25) is 4.79 Å². The zero-order valence-electron chi connectivity index (χ0n) is 13.2. The lowest BCUT2D eigenvalue weighted by atomic mass is 9.96. The molecule has 0 aliphatic rings. The third-order valence-electron chi connectivity index (χ3n) is 3.23. The Labute approximate surface area is 127 Å². The van der Waals surface area contributed by atoms with Crippen molar-refractivity contribution in [1.29, 1.82) is 0 Å². The van der Waals surface area contributed by atoms with Crippen molar-refractivity contribution < 1.29 is 4.79 Å². The van der Waals surface area contributed by atoms with Crippen LogP contribution in [0.5, 0.6) is 0 Å². The second kappa shape index (κ2) is 6.13. The first-order valence-electron chi connectivity index (χ1n) is 7.31. The molecule has 0 spiro atoms. The number of nitrogens with one attached hydrogen (secondary N) is 1. The molecule has 0 bridgehead atoms. The summed E-state index contributed by atoms with van der Waals surface area (Å²) in [6.07, 6.45) is 0.773. The molecule has 110 valence electrons. The number of hydrogen-bond acceptors (Lipinski definition) is 1. The van der Waals surface area contributed by atoms with E-state index in [4.69, 9.17) is 0 Å². The van der Waals surface area contributed by atoms with Crippen LogP contribution in [0.25, 0.3) is 0 Å². The molecule has 2 aromatic carbocycles. The largest absolute Gasteiger partial charge is 0.347 e. The number of carbonyl (C=O) groups is 1. The maximum absolute atomic E-state index is 12.5. The molecule has 21 heavy (non-hydrogen) atoms. The van der Waals surface area contributed by atoms with E-state index in [-0.39, 0.29) is 11.4 Å². The Kier molecular flexibility index (Phi) is 4.46. The van der Waals surface area contributed by atoms with Crippen LogP contribution in [0.2, 0.25) is 0 Å². The third-order valence-corrected chi connectivity index (χ3v) is 3.23. The van der Waals surface area contributed by atoms with Gasteiger partial charge in [0.1, 0.15) is 0 Å². The predicted octanol–water partition coefficient (Wildman–Crippen LogP) is 4.11. The van der Waals surface area contributed by atoms with E-state index in [1.165, 1.54) is 11.1 Å². The molecule has 0 radical (unpaired) electrons. The first-order chi connectivity index (χ1) is 9.85. The summed E-state index contributed by atoms with van der Waals surface area (Å²) in [5.74, 6) is -0.00608. The van der Waals surface area contributed by atoms with Crippen LogP contribution in [0.4, 0.5) is 0 Å². The van der Waals surface area contributed by atoms with Gasteiger partial charge in [0.2, 0.25) is 0 Å². The molecule has 0 unspecified atom stereocenters. The maximum Gasteiger partial charge on any atom is 0.251 e. The van der Waals surface area contributed by atoms with Crippen LogP contribution in [0.3, 0.4) is 0 Å². The number of carbonyl (C=O) groups excluding carboxylic acids is 1. The quantitative estimate of drug-likeness (QED) is 0.901. The molecule has 2 rings (SSSR count). The Morgan fingerprint density at radius 2 is 1.71 bits per heavy atom. The topological polar surface area (TPSA) is 29.1 Å². The summed E-state index contributed by atoms with van der Waals surface area (Å²) in [6, 6.07) is 16.3. The van der Waals surface area contributed by atoms with E-state index in [2.05, 4.69) is 30.4 Å². The predicted molar refractivity (Wildman–Crippen MR) is 87.6 cm³/mol. The molecular formula is C19H23NO. The molecule has 0 saturated heterocycles. The van der Waals surface area contributed by atoms with Gasteiger partial charge in [0.05, 0.1) is 0 Å². The Balaban J connectivity index is 2.32. The van der Waals surface area contributed by atoms with Gasteiger partial charge in [-0.1, -0.05) is 48.0 Å². The molecule has 0 aliphatic carbocycles. The molecule has 0 saturated carbocycles. The first-order valence-corrected chi connectivity index (χ1v) is 7.31. The lowest BCUT2D eigenvalue weighted by molar-refractivity contribution is 0.0918. The Morgan fingerprint density at radius 1 is 1.05 bits per heavy atom. The second-order valence-electron chi connectivity index (χ2n) is 6.53. The molecule has 0 heterocycles. The Hall–Kier alpha value is -2.09. The fourth-order valence-corrected chi connectivity index (χ4v) is 2.31. The van der Waals surface area contributed by atoms with Crippen LogP contribution in [0.1, 0.15) is 47.8 Å². The van der Waals surface area contributed by atoms with Gasteiger partial charge in [0, 0.05) is 11.1 Å². The molecule has 2 nitrogen and oxygen atoms in total. The van der Waals surface area contributed by atoms with Crippen LogP contribution in [0, 0.1) is 6.92 Å². The van der Waals surface area contributed by atoms with Gasteiger partial charge < -0.3 is 5.32 Å². The first kappa shape index (κ1) is 15.3. The Bertz CT molecular complexity index is 624. The van der Waals surface area contributed by atoms with E-state index in [9.17, 15) is 4.79 Å². The lowest BCUT2D eigenvalue weighted by Crippen LogP contribution is -2.41. The van der Waals surface area contributed by atoms with Gasteiger partial charge in [0.25, 0.3) is 5.91 Å². The number of rotatable bonds is 3. The fourth-order valence-electron chi connectivity index (χ4n) is 2.31. The monoisotopic (exact) mass is 281 g/mol. The normalized spacial score (nSPS) is 11.2. The van der Waals surface area contributed by atoms with E-state index in [0.29, 0.717) is 0 Å². The van der Waals surface area contributed by atoms with Crippen molar-refractivity contribution in [3.63, 3.8) is 0 Å². The molecule has 1 amide bonds. The lowest BCUT2D eigenvalue weighted by Gasteiger charge is -2.21. The van der Waals surface area contributed by atoms with Crippen molar-refractivity contribution >= 4 is 5.91 Å². The van der Waals surface area contributed by atoms with E-state index >= 15 is 0 Å².